The summed E-state index contributed by atoms with van der Waals surface area (Å²) >= 11 is 0. The van der Waals surface area contributed by atoms with E-state index in [0.717, 1.165) is 55.7 Å². The van der Waals surface area contributed by atoms with Crippen molar-refractivity contribution in [3.05, 3.63) is 110 Å². The van der Waals surface area contributed by atoms with E-state index in [9.17, 15) is 39.1 Å². The molecule has 4 aliphatic rings. The maximum Gasteiger partial charge on any atom is 0.459 e. The minimum absolute atomic E-state index is 0.0636. The predicted octanol–water partition coefficient (Wildman–Crippen LogP) is 8.29. The molecule has 0 amide bonds. The van der Waals surface area contributed by atoms with E-state index < -0.39 is 101 Å². The fourth-order valence-corrected chi connectivity index (χ4v) is 14.7. The fraction of sp³-hybridized carbons (Fsp3) is 0.477. The van der Waals surface area contributed by atoms with Crippen LogP contribution in [0.4, 0.5) is 11.9 Å². The van der Waals surface area contributed by atoms with Crippen LogP contribution >= 0.6 is 15.5 Å². The van der Waals surface area contributed by atoms with Gasteiger partial charge < -0.3 is 68.9 Å². The fourth-order valence-electron chi connectivity index (χ4n) is 11.6. The average Bonchev–Trinajstić information content (AvgIpc) is 1.59. The van der Waals surface area contributed by atoms with Crippen molar-refractivity contribution in [2.24, 2.45) is 0 Å². The minimum Gasteiger partial charge on any atom is -0.476 e. The summed E-state index contributed by atoms with van der Waals surface area (Å²) in [5.74, 6) is -0.127. The zero-order chi connectivity index (χ0) is 68.5. The van der Waals surface area contributed by atoms with E-state index in [1.807, 2.05) is 72.8 Å². The molecule has 0 saturated carbocycles. The number of aliphatic hydroxyl groups is 4. The highest BCUT2D eigenvalue weighted by atomic mass is 31.2. The largest absolute Gasteiger partial charge is 0.476 e. The van der Waals surface area contributed by atoms with Crippen LogP contribution in [-0.2, 0) is 46.7 Å². The maximum absolute atomic E-state index is 14.4. The Morgan fingerprint density at radius 3 is 1.55 bits per heavy atom. The van der Waals surface area contributed by atoms with Crippen molar-refractivity contribution in [2.75, 3.05) is 57.7 Å². The number of rotatable bonds is 5. The second-order valence-corrected chi connectivity index (χ2v) is 27.8. The lowest BCUT2D eigenvalue weighted by Gasteiger charge is -2.27. The number of nitrogen functional groups attached to an aromatic ring is 1. The van der Waals surface area contributed by atoms with Crippen LogP contribution in [0.25, 0.3) is 43.9 Å². The third-order valence-electron chi connectivity index (χ3n) is 16.9. The molecule has 0 aliphatic carbocycles. The Bertz CT molecular complexity index is 4190. The number of hydrogen-bond acceptors (Lipinski definition) is 26. The second-order valence-electron chi connectivity index (χ2n) is 24.4. The Labute approximate surface area is 558 Å². The van der Waals surface area contributed by atoms with Gasteiger partial charge in [0.2, 0.25) is 23.7 Å². The minimum atomic E-state index is -4.36. The summed E-state index contributed by atoms with van der Waals surface area (Å²) < 4.78 is 90.6. The van der Waals surface area contributed by atoms with E-state index in [-0.39, 0.29) is 54.0 Å². The van der Waals surface area contributed by atoms with Gasteiger partial charge in [-0.15, -0.1) is 0 Å². The van der Waals surface area contributed by atoms with E-state index in [0.29, 0.717) is 59.9 Å². The molecule has 2 fully saturated rings. The van der Waals surface area contributed by atoms with Crippen LogP contribution in [0.1, 0.15) is 104 Å². The normalized spacial score (nSPS) is 29.4. The summed E-state index contributed by atoms with van der Waals surface area (Å²) in [4.78, 5) is 52.2. The molecule has 32 heteroatoms. The highest BCUT2D eigenvalue weighted by molar-refractivity contribution is 7.52. The summed E-state index contributed by atoms with van der Waals surface area (Å²) in [6.45, 7) is 5.92. The van der Waals surface area contributed by atoms with Crippen LogP contribution in [0, 0.1) is 0 Å². The van der Waals surface area contributed by atoms with Crippen LogP contribution in [0.5, 0.6) is 23.3 Å². The number of cyclic esters (lactones) is 2. The molecule has 6 unspecified atom stereocenters. The third kappa shape index (κ3) is 16.3. The Morgan fingerprint density at radius 1 is 0.577 bits per heavy atom. The predicted molar refractivity (Wildman–Crippen MR) is 355 cm³/mol. The third-order valence-corrected chi connectivity index (χ3v) is 20.2. The molecule has 2 saturated heterocycles. The van der Waals surface area contributed by atoms with Crippen molar-refractivity contribution in [3.63, 3.8) is 0 Å². The average molecular weight is 1380 g/mol. The number of nitrogens with zero attached hydrogens (tertiary/aromatic N) is 8. The maximum atomic E-state index is 14.4. The lowest BCUT2D eigenvalue weighted by atomic mass is 9.96. The number of ether oxygens (including phenoxy) is 6. The number of nitrogens with two attached hydrogens (primary N) is 1. The van der Waals surface area contributed by atoms with Gasteiger partial charge in [-0.05, 0) is 89.1 Å². The van der Waals surface area contributed by atoms with Crippen LogP contribution in [0.3, 0.4) is 0 Å². The standard InChI is InChI=1S/C33H41N6O9P.C32H41N6O9P/c1-21-30(41)45-18-11-7-5-4-6-10-17-44-29-26-28(36-32(34-3)37-29)39(20-35-26)31-33(2,42)27(40)25(47-31)19-46-49(43,38-21)48-24-16-12-14-22-13-8-9-15-23(22)24;1-20-29(40)44-17-10-6-4-3-5-9-16-43-28-25-27(35-31(33)36-28)38(19-34-25)30-32(2,41)26(39)24(46-30)18-45-48(42,37-20)47-23-15-11-13-21-12-7-8-14-22(21)23/h4,6,8-9,12-16,20-21,25,27,31,40,42H,5,7,10-11,17-19H2,1-3H3,(H,38,43)(H,34,36,37);7-8,11-15,19-20,24,26,30,39,41H,3-6,9-10,16-18H2,1-2H3,(H,37,42)(H2,33,35,36)/t21-,25?,27+,31?,33+,49?;20-,24?,26+,30?,32+,48?/m00/s1. The van der Waals surface area contributed by atoms with Crippen LogP contribution in [-0.4, -0.2) is 166 Å². The Kier molecular flexibility index (Phi) is 22.4. The molecule has 9 N–H and O–H groups in total. The van der Waals surface area contributed by atoms with E-state index >= 15 is 0 Å². The van der Waals surface area contributed by atoms with Crippen molar-refractivity contribution in [2.45, 2.75) is 152 Å². The molecule has 8 aromatic rings. The lowest BCUT2D eigenvalue weighted by molar-refractivity contribution is -0.146. The first-order chi connectivity index (χ1) is 46.6. The Morgan fingerprint density at radius 2 is 1.02 bits per heavy atom. The molecule has 12 bridgehead atoms. The highest BCUT2D eigenvalue weighted by Gasteiger charge is 2.56. The number of esters is 2. The van der Waals surface area contributed by atoms with Crippen molar-refractivity contribution in [3.8, 4) is 23.3 Å². The zero-order valence-corrected chi connectivity index (χ0v) is 56.2. The van der Waals surface area contributed by atoms with E-state index in [1.54, 1.807) is 31.3 Å². The van der Waals surface area contributed by atoms with Gasteiger partial charge in [-0.25, -0.2) is 19.1 Å². The second kappa shape index (κ2) is 30.8. The number of nitrogens with one attached hydrogen (secondary N) is 3. The summed E-state index contributed by atoms with van der Waals surface area (Å²) in [5.41, 5.74) is 3.43. The zero-order valence-electron chi connectivity index (χ0n) is 54.4. The molecule has 8 heterocycles. The van der Waals surface area contributed by atoms with Crippen molar-refractivity contribution >= 4 is 83.2 Å². The van der Waals surface area contributed by atoms with Gasteiger partial charge in [0, 0.05) is 17.8 Å². The number of anilines is 2. The molecule has 97 heavy (non-hydrogen) atoms. The molecule has 4 aromatic carbocycles. The van der Waals surface area contributed by atoms with Gasteiger partial charge in [0.25, 0.3) is 0 Å². The first kappa shape index (κ1) is 70.4. The van der Waals surface area contributed by atoms with Crippen LogP contribution < -0.4 is 39.7 Å². The number of allylic oxidation sites excluding steroid dienone is 1. The Balaban J connectivity index is 0.000000197. The first-order valence-electron chi connectivity index (χ1n) is 32.3. The van der Waals surface area contributed by atoms with Crippen molar-refractivity contribution in [1.29, 1.82) is 0 Å². The number of aromatic nitrogens is 8. The van der Waals surface area contributed by atoms with Crippen molar-refractivity contribution < 1.29 is 85.7 Å². The van der Waals surface area contributed by atoms with Crippen LogP contribution in [0.15, 0.2) is 110 Å². The van der Waals surface area contributed by atoms with Crippen molar-refractivity contribution in [1.82, 2.24) is 49.2 Å². The van der Waals surface area contributed by atoms with Gasteiger partial charge in [-0.2, -0.15) is 30.1 Å². The van der Waals surface area contributed by atoms with E-state index in [4.69, 9.17) is 52.2 Å². The molecule has 12 rings (SSSR count). The van der Waals surface area contributed by atoms with E-state index in [1.165, 1.54) is 49.5 Å². The topological polar surface area (TPSA) is 391 Å². The van der Waals surface area contributed by atoms with Gasteiger partial charge in [-0.3, -0.25) is 27.8 Å². The first-order valence-corrected chi connectivity index (χ1v) is 35.4. The van der Waals surface area contributed by atoms with E-state index in [2.05, 4.69) is 45.4 Å². The molecular formula is C65H82N12O18P2. The van der Waals surface area contributed by atoms with Gasteiger partial charge in [0.05, 0.1) is 52.3 Å². The number of benzene rings is 4. The highest BCUT2D eigenvalue weighted by Crippen LogP contribution is 2.51. The summed E-state index contributed by atoms with van der Waals surface area (Å²) in [7, 11) is -7.05. The Hall–Kier alpha value is -7.96. The molecule has 4 aliphatic heterocycles. The number of fused-ring (bicyclic) bond motifs is 8. The SMILES string of the molecule is CNc1nc2c3ncn(c3n1)C1OC(COP(=O)(Oc3cccc4ccccc34)N[C@@H](C)C(=O)OCCCCC=CCCO2)[C@@H](O)[C@@]1(C)O.C[C@@H]1NP(=O)(Oc2cccc3ccccc23)OCC2OC(n3cnc4c(nc(N)nc43)OCCCCCCCCOC1=O)[C@](C)(O)[C@@H]2O. The molecule has 4 aromatic heterocycles. The van der Waals surface area contributed by atoms with Gasteiger partial charge in [-0.1, -0.05) is 111 Å². The lowest BCUT2D eigenvalue weighted by Crippen LogP contribution is -2.44. The molecule has 520 valence electrons. The number of hydrogen-bond donors (Lipinski definition) is 8. The smallest absolute Gasteiger partial charge is 0.459 e. The summed E-state index contributed by atoms with van der Waals surface area (Å²) in [6.07, 6.45) is 7.01. The summed E-state index contributed by atoms with van der Waals surface area (Å²) in [5, 5.41) is 56.9. The summed E-state index contributed by atoms with van der Waals surface area (Å²) in [6, 6.07) is 23.1. The number of carbonyl (C=O) groups is 2. The molecule has 30 nitrogen and oxygen atoms in total. The number of aliphatic hydroxyl groups excluding tert-OH is 2. The number of imidazole rings is 2. The van der Waals surface area contributed by atoms with Gasteiger partial charge in [0.15, 0.2) is 34.8 Å². The quantitative estimate of drug-likeness (QED) is 0.0456. The molecular weight excluding hydrogens is 1300 g/mol. The molecule has 0 spiro atoms. The van der Waals surface area contributed by atoms with Gasteiger partial charge in [0.1, 0.15) is 59.2 Å². The van der Waals surface area contributed by atoms with Gasteiger partial charge >= 0.3 is 27.4 Å². The number of carbonyl (C=O) groups excluding carboxylic acids is 2. The molecule has 12 atom stereocenters. The van der Waals surface area contributed by atoms with Crippen LogP contribution in [0.2, 0.25) is 0 Å². The monoisotopic (exact) mass is 1380 g/mol. The molecule has 0 radical (unpaired) electrons.